The van der Waals surface area contributed by atoms with Crippen LogP contribution in [0, 0.1) is 0 Å². The number of hydrogen-bond acceptors (Lipinski definition) is 4. The molecule has 1 aromatic rings. The minimum atomic E-state index is -3.08. The molecule has 0 bridgehead atoms. The number of sulfone groups is 1. The van der Waals surface area contributed by atoms with E-state index in [4.69, 9.17) is 11.6 Å². The minimum absolute atomic E-state index is 0.0727. The van der Waals surface area contributed by atoms with Gasteiger partial charge in [-0.25, -0.2) is 8.42 Å². The summed E-state index contributed by atoms with van der Waals surface area (Å²) < 4.78 is 23.2. The summed E-state index contributed by atoms with van der Waals surface area (Å²) in [5, 5.41) is 11.9. The molecule has 1 fully saturated rings. The Kier molecular flexibility index (Phi) is 4.01. The fourth-order valence-corrected chi connectivity index (χ4v) is 4.02. The third-order valence-corrected chi connectivity index (χ3v) is 5.67. The molecule has 0 aromatic heterocycles. The van der Waals surface area contributed by atoms with Gasteiger partial charge in [-0.05, 0) is 31.0 Å². The van der Waals surface area contributed by atoms with Crippen molar-refractivity contribution in [1.82, 2.24) is 5.32 Å². The first-order valence-corrected chi connectivity index (χ1v) is 7.98. The Balaban J connectivity index is 2.02. The molecule has 2 rings (SSSR count). The van der Waals surface area contributed by atoms with Crippen molar-refractivity contribution in [3.8, 4) is 5.75 Å². The monoisotopic (exact) mass is 303 g/mol. The zero-order chi connectivity index (χ0) is 14.0. The standard InChI is InChI=1S/C12H14ClNO4S/c13-8-3-4-10(11(15)6-8)12(16)14-7-9-2-1-5-19(9,17)18/h3-4,6,9,15H,1-2,5,7H2,(H,14,16). The maximum absolute atomic E-state index is 11.8. The van der Waals surface area contributed by atoms with Crippen molar-refractivity contribution in [2.45, 2.75) is 18.1 Å². The summed E-state index contributed by atoms with van der Waals surface area (Å²) in [6.07, 6.45) is 1.20. The molecule has 19 heavy (non-hydrogen) atoms. The van der Waals surface area contributed by atoms with E-state index in [9.17, 15) is 18.3 Å². The van der Waals surface area contributed by atoms with Gasteiger partial charge in [-0.15, -0.1) is 0 Å². The predicted molar refractivity (Wildman–Crippen MR) is 72.3 cm³/mol. The minimum Gasteiger partial charge on any atom is -0.507 e. The molecule has 0 spiro atoms. The van der Waals surface area contributed by atoms with Crippen LogP contribution in [-0.4, -0.2) is 37.0 Å². The molecule has 1 saturated heterocycles. The van der Waals surface area contributed by atoms with E-state index in [1.807, 2.05) is 0 Å². The molecule has 1 heterocycles. The van der Waals surface area contributed by atoms with E-state index in [1.54, 1.807) is 0 Å². The lowest BCUT2D eigenvalue weighted by molar-refractivity contribution is 0.0951. The summed E-state index contributed by atoms with van der Waals surface area (Å²) in [6, 6.07) is 4.15. The molecular formula is C12H14ClNO4S. The fraction of sp³-hybridized carbons (Fsp3) is 0.417. The Bertz CT molecular complexity index is 600. The first-order valence-electron chi connectivity index (χ1n) is 5.88. The van der Waals surface area contributed by atoms with E-state index in [2.05, 4.69) is 5.32 Å². The largest absolute Gasteiger partial charge is 0.507 e. The van der Waals surface area contributed by atoms with E-state index in [-0.39, 0.29) is 23.6 Å². The second kappa shape index (κ2) is 5.38. The summed E-state index contributed by atoms with van der Waals surface area (Å²) >= 11 is 5.67. The quantitative estimate of drug-likeness (QED) is 0.883. The number of carbonyl (C=O) groups is 1. The third-order valence-electron chi connectivity index (χ3n) is 3.16. The van der Waals surface area contributed by atoms with Crippen LogP contribution in [0.4, 0.5) is 0 Å². The van der Waals surface area contributed by atoms with Crippen molar-refractivity contribution in [3.63, 3.8) is 0 Å². The maximum atomic E-state index is 11.8. The molecule has 0 radical (unpaired) electrons. The van der Waals surface area contributed by atoms with Crippen LogP contribution in [0.2, 0.25) is 5.02 Å². The number of hydrogen-bond donors (Lipinski definition) is 2. The van der Waals surface area contributed by atoms with Gasteiger partial charge in [0.2, 0.25) is 0 Å². The Labute approximate surface area is 116 Å². The number of nitrogens with one attached hydrogen (secondary N) is 1. The highest BCUT2D eigenvalue weighted by molar-refractivity contribution is 7.92. The first kappa shape index (κ1) is 14.1. The second-order valence-corrected chi connectivity index (χ2v) is 7.34. The van der Waals surface area contributed by atoms with Crippen molar-refractivity contribution in [2.24, 2.45) is 0 Å². The van der Waals surface area contributed by atoms with Crippen molar-refractivity contribution < 1.29 is 18.3 Å². The molecule has 1 amide bonds. The van der Waals surface area contributed by atoms with Crippen LogP contribution in [0.3, 0.4) is 0 Å². The second-order valence-electron chi connectivity index (χ2n) is 4.50. The Morgan fingerprint density at radius 3 is 2.79 bits per heavy atom. The SMILES string of the molecule is O=C(NCC1CCCS1(=O)=O)c1ccc(Cl)cc1O. The van der Waals surface area contributed by atoms with Crippen molar-refractivity contribution in [1.29, 1.82) is 0 Å². The van der Waals surface area contributed by atoms with Gasteiger partial charge in [0.1, 0.15) is 5.75 Å². The molecule has 1 aliphatic heterocycles. The lowest BCUT2D eigenvalue weighted by atomic mass is 10.2. The summed E-state index contributed by atoms with van der Waals surface area (Å²) in [5.41, 5.74) is 0.0831. The summed E-state index contributed by atoms with van der Waals surface area (Å²) in [6.45, 7) is 0.0727. The lowest BCUT2D eigenvalue weighted by Crippen LogP contribution is -2.34. The molecule has 104 valence electrons. The number of phenolic OH excluding ortho intramolecular Hbond substituents is 1. The van der Waals surface area contributed by atoms with Crippen LogP contribution in [0.15, 0.2) is 18.2 Å². The van der Waals surface area contributed by atoms with Crippen molar-refractivity contribution in [3.05, 3.63) is 28.8 Å². The fourth-order valence-electron chi connectivity index (χ4n) is 2.09. The summed E-state index contributed by atoms with van der Waals surface area (Å²) in [5.74, 6) is -0.546. The number of rotatable bonds is 3. The molecule has 1 aliphatic rings. The van der Waals surface area contributed by atoms with Gasteiger partial charge >= 0.3 is 0 Å². The van der Waals surface area contributed by atoms with E-state index in [0.29, 0.717) is 17.9 Å². The predicted octanol–water partition coefficient (Wildman–Crippen LogP) is 1.35. The number of amides is 1. The Hall–Kier alpha value is -1.27. The number of phenols is 1. The van der Waals surface area contributed by atoms with Gasteiger partial charge in [0.15, 0.2) is 9.84 Å². The molecule has 2 N–H and O–H groups in total. The molecule has 1 unspecified atom stereocenters. The van der Waals surface area contributed by atoms with Gasteiger partial charge in [0.25, 0.3) is 5.91 Å². The molecule has 0 aliphatic carbocycles. The van der Waals surface area contributed by atoms with E-state index in [0.717, 1.165) is 0 Å². The zero-order valence-electron chi connectivity index (χ0n) is 10.1. The number of carbonyl (C=O) groups excluding carboxylic acids is 1. The van der Waals surface area contributed by atoms with Crippen LogP contribution in [-0.2, 0) is 9.84 Å². The number of aromatic hydroxyl groups is 1. The third kappa shape index (κ3) is 3.19. The highest BCUT2D eigenvalue weighted by atomic mass is 35.5. The van der Waals surface area contributed by atoms with Gasteiger partial charge in [-0.2, -0.15) is 0 Å². The zero-order valence-corrected chi connectivity index (χ0v) is 11.7. The van der Waals surface area contributed by atoms with Crippen LogP contribution < -0.4 is 5.32 Å². The van der Waals surface area contributed by atoms with E-state index >= 15 is 0 Å². The molecular weight excluding hydrogens is 290 g/mol. The number of halogens is 1. The molecule has 1 aromatic carbocycles. The maximum Gasteiger partial charge on any atom is 0.255 e. The Morgan fingerprint density at radius 1 is 1.47 bits per heavy atom. The molecule has 5 nitrogen and oxygen atoms in total. The molecule has 0 saturated carbocycles. The number of benzene rings is 1. The van der Waals surface area contributed by atoms with Crippen LogP contribution >= 0.6 is 11.6 Å². The van der Waals surface area contributed by atoms with Crippen molar-refractivity contribution in [2.75, 3.05) is 12.3 Å². The average Bonchev–Trinajstić information content (AvgIpc) is 2.65. The normalized spacial score (nSPS) is 21.2. The summed E-state index contributed by atoms with van der Waals surface area (Å²) in [7, 11) is -3.08. The van der Waals surface area contributed by atoms with Crippen molar-refractivity contribution >= 4 is 27.3 Å². The van der Waals surface area contributed by atoms with Gasteiger partial charge in [-0.1, -0.05) is 11.6 Å². The molecule has 7 heteroatoms. The smallest absolute Gasteiger partial charge is 0.255 e. The first-order chi connectivity index (χ1) is 8.90. The highest BCUT2D eigenvalue weighted by Crippen LogP contribution is 2.22. The van der Waals surface area contributed by atoms with Crippen LogP contribution in [0.5, 0.6) is 5.75 Å². The average molecular weight is 304 g/mol. The van der Waals surface area contributed by atoms with Gasteiger partial charge in [-0.3, -0.25) is 4.79 Å². The van der Waals surface area contributed by atoms with Gasteiger partial charge in [0, 0.05) is 11.6 Å². The Morgan fingerprint density at radius 2 is 2.21 bits per heavy atom. The van der Waals surface area contributed by atoms with Crippen LogP contribution in [0.1, 0.15) is 23.2 Å². The van der Waals surface area contributed by atoms with E-state index in [1.165, 1.54) is 18.2 Å². The topological polar surface area (TPSA) is 83.5 Å². The van der Waals surface area contributed by atoms with Crippen LogP contribution in [0.25, 0.3) is 0 Å². The van der Waals surface area contributed by atoms with Gasteiger partial charge < -0.3 is 10.4 Å². The highest BCUT2D eigenvalue weighted by Gasteiger charge is 2.31. The molecule has 1 atom stereocenters. The summed E-state index contributed by atoms with van der Waals surface area (Å²) in [4.78, 5) is 11.8. The van der Waals surface area contributed by atoms with Gasteiger partial charge in [0.05, 0.1) is 16.6 Å². The lowest BCUT2D eigenvalue weighted by Gasteiger charge is -2.11. The van der Waals surface area contributed by atoms with E-state index < -0.39 is 21.0 Å².